The van der Waals surface area contributed by atoms with Crippen LogP contribution in [0, 0.1) is 17.2 Å². The van der Waals surface area contributed by atoms with E-state index in [4.69, 9.17) is 10.1 Å². The molecule has 31 heavy (non-hydrogen) atoms. The zero-order valence-electron chi connectivity index (χ0n) is 18.3. The fraction of sp³-hybridized carbons (Fsp3) is 0.435. The van der Waals surface area contributed by atoms with Gasteiger partial charge in [0, 0.05) is 47.6 Å². The van der Waals surface area contributed by atoms with E-state index in [0.717, 1.165) is 41.6 Å². The smallest absolute Gasteiger partial charge is 0.164 e. The van der Waals surface area contributed by atoms with Crippen molar-refractivity contribution in [2.24, 2.45) is 11.1 Å². The lowest BCUT2D eigenvalue weighted by molar-refractivity contribution is 0.0749. The molecular weight excluding hydrogens is 390 g/mol. The normalized spacial score (nSPS) is 15.9. The van der Waals surface area contributed by atoms with Crippen molar-refractivity contribution in [2.45, 2.75) is 59.1 Å². The van der Waals surface area contributed by atoms with Crippen molar-refractivity contribution in [3.8, 4) is 11.9 Å². The van der Waals surface area contributed by atoms with Crippen LogP contribution in [0.25, 0.3) is 16.9 Å². The summed E-state index contributed by atoms with van der Waals surface area (Å²) in [5.41, 5.74) is 3.96. The topological polar surface area (TPSA) is 101 Å². The Kier molecular flexibility index (Phi) is 5.85. The standard InChI is InChI=1S/C23H27N7O/c1-14(2)5-6-18-8-21(29-31-18)19-13-25-22(9-20(19)28-15(3)4)30-23-17(12-27-30)7-16(10-24)11-26-23/h7,9,11-15,18H,5-6,8H2,1-4H3,(H,25,28). The number of oxime groups is 1. The second kappa shape index (κ2) is 8.72. The van der Waals surface area contributed by atoms with E-state index in [0.29, 0.717) is 22.9 Å². The molecule has 3 aromatic heterocycles. The SMILES string of the molecule is CC(C)CCC1CC(c2cnc(-n3ncc4cc(C#N)cnc43)cc2NC(C)C)=NO1. The monoisotopic (exact) mass is 417 g/mol. The molecule has 8 nitrogen and oxygen atoms in total. The first-order valence-corrected chi connectivity index (χ1v) is 10.7. The Morgan fingerprint density at radius 2 is 2.03 bits per heavy atom. The molecule has 0 aromatic carbocycles. The van der Waals surface area contributed by atoms with Crippen molar-refractivity contribution in [1.29, 1.82) is 5.26 Å². The van der Waals surface area contributed by atoms with Gasteiger partial charge < -0.3 is 10.2 Å². The predicted octanol–water partition coefficient (Wildman–Crippen LogP) is 4.44. The van der Waals surface area contributed by atoms with Crippen molar-refractivity contribution in [2.75, 3.05) is 5.32 Å². The summed E-state index contributed by atoms with van der Waals surface area (Å²) in [5.74, 6) is 1.29. The van der Waals surface area contributed by atoms with E-state index in [1.165, 1.54) is 0 Å². The van der Waals surface area contributed by atoms with Gasteiger partial charge in [0.05, 0.1) is 17.5 Å². The van der Waals surface area contributed by atoms with Gasteiger partial charge in [-0.15, -0.1) is 0 Å². The van der Waals surface area contributed by atoms with Gasteiger partial charge >= 0.3 is 0 Å². The van der Waals surface area contributed by atoms with Crippen LogP contribution in [-0.4, -0.2) is 37.6 Å². The highest BCUT2D eigenvalue weighted by Crippen LogP contribution is 2.28. The zero-order valence-corrected chi connectivity index (χ0v) is 18.3. The number of hydrogen-bond acceptors (Lipinski definition) is 7. The number of hydrogen-bond donors (Lipinski definition) is 1. The number of pyridine rings is 2. The van der Waals surface area contributed by atoms with Crippen LogP contribution in [0.5, 0.6) is 0 Å². The molecule has 0 saturated heterocycles. The van der Waals surface area contributed by atoms with Gasteiger partial charge in [0.1, 0.15) is 12.2 Å². The first kappa shape index (κ1) is 20.8. The molecule has 160 valence electrons. The predicted molar refractivity (Wildman–Crippen MR) is 120 cm³/mol. The van der Waals surface area contributed by atoms with E-state index in [1.54, 1.807) is 23.1 Å². The Hall–Kier alpha value is -3.47. The number of rotatable bonds is 7. The van der Waals surface area contributed by atoms with Gasteiger partial charge in [0.2, 0.25) is 0 Å². The largest absolute Gasteiger partial charge is 0.392 e. The maximum Gasteiger partial charge on any atom is 0.164 e. The van der Waals surface area contributed by atoms with Crippen LogP contribution in [0.3, 0.4) is 0 Å². The van der Waals surface area contributed by atoms with Crippen molar-refractivity contribution >= 4 is 22.4 Å². The average molecular weight is 418 g/mol. The number of fused-ring (bicyclic) bond motifs is 1. The summed E-state index contributed by atoms with van der Waals surface area (Å²) in [5, 5.41) is 22.2. The quantitative estimate of drug-likeness (QED) is 0.610. The molecule has 1 atom stereocenters. The number of nitrogens with zero attached hydrogens (tertiary/aromatic N) is 6. The van der Waals surface area contributed by atoms with Gasteiger partial charge in [0.15, 0.2) is 11.5 Å². The third-order valence-corrected chi connectivity index (χ3v) is 5.20. The molecule has 0 radical (unpaired) electrons. The Bertz CT molecular complexity index is 1160. The van der Waals surface area contributed by atoms with E-state index >= 15 is 0 Å². The Morgan fingerprint density at radius 1 is 1.19 bits per heavy atom. The second-order valence-corrected chi connectivity index (χ2v) is 8.63. The maximum absolute atomic E-state index is 9.10. The molecule has 1 aliphatic heterocycles. The van der Waals surface area contributed by atoms with Gasteiger partial charge in [-0.25, -0.2) is 9.97 Å². The Labute approximate surface area is 181 Å². The van der Waals surface area contributed by atoms with Crippen LogP contribution < -0.4 is 5.32 Å². The molecule has 0 amide bonds. The average Bonchev–Trinajstić information content (AvgIpc) is 3.38. The van der Waals surface area contributed by atoms with E-state index in [1.807, 2.05) is 12.3 Å². The van der Waals surface area contributed by atoms with Crippen LogP contribution in [0.2, 0.25) is 0 Å². The minimum Gasteiger partial charge on any atom is -0.392 e. The molecule has 1 aliphatic rings. The molecule has 0 bridgehead atoms. The molecular formula is C23H27N7O. The zero-order chi connectivity index (χ0) is 22.0. The first-order chi connectivity index (χ1) is 14.9. The van der Waals surface area contributed by atoms with Crippen molar-refractivity contribution in [3.05, 3.63) is 41.9 Å². The number of nitrogens with one attached hydrogen (secondary N) is 1. The summed E-state index contributed by atoms with van der Waals surface area (Å²) in [7, 11) is 0. The van der Waals surface area contributed by atoms with Gasteiger partial charge in [-0.3, -0.25) is 0 Å². The molecule has 1 unspecified atom stereocenters. The molecule has 4 rings (SSSR count). The molecule has 0 aliphatic carbocycles. The summed E-state index contributed by atoms with van der Waals surface area (Å²) in [6, 6.07) is 6.08. The van der Waals surface area contributed by atoms with Crippen LogP contribution in [0.4, 0.5) is 5.69 Å². The van der Waals surface area contributed by atoms with Gasteiger partial charge in [0.25, 0.3) is 0 Å². The van der Waals surface area contributed by atoms with Crippen LogP contribution in [0.1, 0.15) is 58.1 Å². The molecule has 0 saturated carbocycles. The number of nitriles is 1. The molecule has 0 fully saturated rings. The van der Waals surface area contributed by atoms with Crippen LogP contribution in [0.15, 0.2) is 35.9 Å². The Balaban J connectivity index is 1.65. The molecule has 8 heteroatoms. The van der Waals surface area contributed by atoms with Crippen molar-refractivity contribution < 1.29 is 4.84 Å². The van der Waals surface area contributed by atoms with E-state index < -0.39 is 0 Å². The highest BCUT2D eigenvalue weighted by atomic mass is 16.6. The lowest BCUT2D eigenvalue weighted by Crippen LogP contribution is -2.16. The van der Waals surface area contributed by atoms with Gasteiger partial charge in [-0.05, 0) is 38.7 Å². The van der Waals surface area contributed by atoms with E-state index in [9.17, 15) is 0 Å². The van der Waals surface area contributed by atoms with Crippen molar-refractivity contribution in [3.63, 3.8) is 0 Å². The lowest BCUT2D eigenvalue weighted by Gasteiger charge is -2.16. The van der Waals surface area contributed by atoms with E-state index in [-0.39, 0.29) is 12.1 Å². The number of anilines is 1. The molecule has 0 spiro atoms. The summed E-state index contributed by atoms with van der Waals surface area (Å²) >= 11 is 0. The first-order valence-electron chi connectivity index (χ1n) is 10.7. The summed E-state index contributed by atoms with van der Waals surface area (Å²) in [4.78, 5) is 14.7. The summed E-state index contributed by atoms with van der Waals surface area (Å²) in [6.07, 6.45) is 8.09. The van der Waals surface area contributed by atoms with Crippen LogP contribution in [-0.2, 0) is 4.84 Å². The van der Waals surface area contributed by atoms with Crippen LogP contribution >= 0.6 is 0 Å². The molecule has 1 N–H and O–H groups in total. The van der Waals surface area contributed by atoms with Gasteiger partial charge in [-0.2, -0.15) is 15.0 Å². The minimum atomic E-state index is 0.123. The molecule has 4 heterocycles. The fourth-order valence-electron chi connectivity index (χ4n) is 3.63. The second-order valence-electron chi connectivity index (χ2n) is 8.63. The van der Waals surface area contributed by atoms with Gasteiger partial charge in [-0.1, -0.05) is 19.0 Å². The Morgan fingerprint density at radius 3 is 2.77 bits per heavy atom. The third kappa shape index (κ3) is 4.50. The summed E-state index contributed by atoms with van der Waals surface area (Å²) in [6.45, 7) is 8.63. The third-order valence-electron chi connectivity index (χ3n) is 5.20. The fourth-order valence-corrected chi connectivity index (χ4v) is 3.63. The minimum absolute atomic E-state index is 0.123. The highest BCUT2D eigenvalue weighted by Gasteiger charge is 2.25. The maximum atomic E-state index is 9.10. The highest BCUT2D eigenvalue weighted by molar-refractivity contribution is 6.05. The van der Waals surface area contributed by atoms with Crippen molar-refractivity contribution in [1.82, 2.24) is 19.7 Å². The summed E-state index contributed by atoms with van der Waals surface area (Å²) < 4.78 is 1.68. The number of aromatic nitrogens is 4. The lowest BCUT2D eigenvalue weighted by atomic mass is 9.99. The molecule has 3 aromatic rings. The van der Waals surface area contributed by atoms with E-state index in [2.05, 4.69) is 59.3 Å².